The number of halogens is 2. The molecule has 0 unspecified atom stereocenters. The van der Waals surface area contributed by atoms with Gasteiger partial charge in [0.25, 0.3) is 0 Å². The van der Waals surface area contributed by atoms with Crippen molar-refractivity contribution in [3.8, 4) is 0 Å². The monoisotopic (exact) mass is 426 g/mol. The van der Waals surface area contributed by atoms with Gasteiger partial charge >= 0.3 is 0 Å². The van der Waals surface area contributed by atoms with E-state index in [4.69, 9.17) is 11.6 Å². The molecular weight excluding hydrogens is 399 g/mol. The standard InChI is InChI=1S/C15H27ClN4.HI/c1-6-12(7-2)9-18-15(17-3)20(5)11-14-8-13(16)10-19(14)4;/h8,10,12H,6-7,9,11H2,1-5H3,(H,17,18);1H. The average molecular weight is 427 g/mol. The lowest BCUT2D eigenvalue weighted by Crippen LogP contribution is -2.40. The zero-order valence-corrected chi connectivity index (χ0v) is 16.8. The summed E-state index contributed by atoms with van der Waals surface area (Å²) in [5.41, 5.74) is 1.17. The van der Waals surface area contributed by atoms with Gasteiger partial charge in [0.2, 0.25) is 0 Å². The van der Waals surface area contributed by atoms with E-state index in [2.05, 4.69) is 29.1 Å². The lowest BCUT2D eigenvalue weighted by molar-refractivity contribution is 0.433. The molecule has 0 amide bonds. The van der Waals surface area contributed by atoms with Crippen LogP contribution >= 0.6 is 35.6 Å². The maximum absolute atomic E-state index is 6.02. The fourth-order valence-corrected chi connectivity index (χ4v) is 2.51. The Balaban J connectivity index is 0.00000400. The van der Waals surface area contributed by atoms with Gasteiger partial charge in [0.05, 0.1) is 11.6 Å². The molecule has 0 saturated carbocycles. The number of nitrogens with zero attached hydrogens (tertiary/aromatic N) is 3. The summed E-state index contributed by atoms with van der Waals surface area (Å²) in [6.07, 6.45) is 4.31. The van der Waals surface area contributed by atoms with Crippen LogP contribution in [0.2, 0.25) is 5.02 Å². The maximum atomic E-state index is 6.02. The molecule has 1 heterocycles. The summed E-state index contributed by atoms with van der Waals surface area (Å²) in [7, 11) is 5.88. The van der Waals surface area contributed by atoms with E-state index >= 15 is 0 Å². The Morgan fingerprint density at radius 2 is 2.05 bits per heavy atom. The van der Waals surface area contributed by atoms with Gasteiger partial charge in [-0.2, -0.15) is 0 Å². The molecule has 1 N–H and O–H groups in total. The fraction of sp³-hybridized carbons (Fsp3) is 0.667. The summed E-state index contributed by atoms with van der Waals surface area (Å²) in [6, 6.07) is 1.99. The van der Waals surface area contributed by atoms with Crippen molar-refractivity contribution in [1.29, 1.82) is 0 Å². The van der Waals surface area contributed by atoms with Crippen LogP contribution in [0.3, 0.4) is 0 Å². The first kappa shape index (κ1) is 20.6. The number of aryl methyl sites for hydroxylation is 1. The highest BCUT2D eigenvalue weighted by Crippen LogP contribution is 2.14. The topological polar surface area (TPSA) is 32.6 Å². The predicted octanol–water partition coefficient (Wildman–Crippen LogP) is 3.74. The van der Waals surface area contributed by atoms with E-state index in [1.807, 2.05) is 38.0 Å². The summed E-state index contributed by atoms with van der Waals surface area (Å²) >= 11 is 6.02. The molecule has 0 radical (unpaired) electrons. The van der Waals surface area contributed by atoms with Crippen molar-refractivity contribution >= 4 is 41.5 Å². The van der Waals surface area contributed by atoms with Crippen LogP contribution in [0.15, 0.2) is 17.3 Å². The van der Waals surface area contributed by atoms with E-state index in [1.165, 1.54) is 18.5 Å². The Labute approximate surface area is 151 Å². The van der Waals surface area contributed by atoms with Gasteiger partial charge in [-0.3, -0.25) is 4.99 Å². The fourth-order valence-electron chi connectivity index (χ4n) is 2.24. The zero-order chi connectivity index (χ0) is 15.1. The van der Waals surface area contributed by atoms with E-state index < -0.39 is 0 Å². The van der Waals surface area contributed by atoms with Crippen LogP contribution in [0.1, 0.15) is 32.4 Å². The molecule has 0 bridgehead atoms. The largest absolute Gasteiger partial charge is 0.356 e. The van der Waals surface area contributed by atoms with Crippen LogP contribution < -0.4 is 5.32 Å². The molecule has 0 aliphatic heterocycles. The number of hydrogen-bond acceptors (Lipinski definition) is 1. The van der Waals surface area contributed by atoms with Crippen LogP contribution in [0.4, 0.5) is 0 Å². The highest BCUT2D eigenvalue weighted by molar-refractivity contribution is 14.0. The van der Waals surface area contributed by atoms with Crippen molar-refractivity contribution in [1.82, 2.24) is 14.8 Å². The molecule has 0 aliphatic carbocycles. The first-order chi connectivity index (χ1) is 9.51. The Morgan fingerprint density at radius 3 is 2.48 bits per heavy atom. The molecule has 1 rings (SSSR count). The number of aromatic nitrogens is 1. The van der Waals surface area contributed by atoms with Crippen molar-refractivity contribution in [2.45, 2.75) is 33.2 Å². The molecule has 6 heteroatoms. The van der Waals surface area contributed by atoms with Crippen molar-refractivity contribution in [3.63, 3.8) is 0 Å². The van der Waals surface area contributed by atoms with E-state index in [9.17, 15) is 0 Å². The lowest BCUT2D eigenvalue weighted by atomic mass is 10.0. The number of guanidine groups is 1. The van der Waals surface area contributed by atoms with E-state index in [-0.39, 0.29) is 24.0 Å². The minimum absolute atomic E-state index is 0. The number of hydrogen-bond donors (Lipinski definition) is 1. The van der Waals surface area contributed by atoms with Crippen molar-refractivity contribution in [2.75, 3.05) is 20.6 Å². The van der Waals surface area contributed by atoms with Gasteiger partial charge in [-0.05, 0) is 12.0 Å². The van der Waals surface area contributed by atoms with E-state index in [0.29, 0.717) is 5.92 Å². The van der Waals surface area contributed by atoms with Crippen LogP contribution in [0.25, 0.3) is 0 Å². The van der Waals surface area contributed by atoms with E-state index in [0.717, 1.165) is 24.1 Å². The molecule has 0 atom stereocenters. The molecule has 0 saturated heterocycles. The number of nitrogens with one attached hydrogen (secondary N) is 1. The van der Waals surface area contributed by atoms with Crippen LogP contribution in [-0.2, 0) is 13.6 Å². The van der Waals surface area contributed by atoms with Crippen LogP contribution in [0, 0.1) is 5.92 Å². The molecular formula is C15H28ClIN4. The molecule has 0 fully saturated rings. The summed E-state index contributed by atoms with van der Waals surface area (Å²) in [5, 5.41) is 4.23. The second-order valence-electron chi connectivity index (χ2n) is 5.23. The second-order valence-corrected chi connectivity index (χ2v) is 5.66. The van der Waals surface area contributed by atoms with E-state index in [1.54, 1.807) is 0 Å². The number of aliphatic imine (C=N–C) groups is 1. The van der Waals surface area contributed by atoms with Gasteiger partial charge in [0.15, 0.2) is 5.96 Å². The first-order valence-corrected chi connectivity index (χ1v) is 7.62. The molecule has 21 heavy (non-hydrogen) atoms. The predicted molar refractivity (Wildman–Crippen MR) is 103 cm³/mol. The van der Waals surface area contributed by atoms with Gasteiger partial charge in [0, 0.05) is 39.6 Å². The summed E-state index contributed by atoms with van der Waals surface area (Å²) in [6.45, 7) is 6.21. The Hall–Kier alpha value is -0.430. The van der Waals surface area contributed by atoms with Crippen LogP contribution in [-0.4, -0.2) is 36.1 Å². The Morgan fingerprint density at radius 1 is 1.43 bits per heavy atom. The SMILES string of the molecule is CCC(CC)CNC(=NC)N(C)Cc1cc(Cl)cn1C.I. The van der Waals surface area contributed by atoms with Gasteiger partial charge in [-0.15, -0.1) is 24.0 Å². The second kappa shape index (κ2) is 10.3. The smallest absolute Gasteiger partial charge is 0.193 e. The van der Waals surface area contributed by atoms with Crippen molar-refractivity contribution in [2.24, 2.45) is 18.0 Å². The Kier molecular flexibility index (Phi) is 10.1. The zero-order valence-electron chi connectivity index (χ0n) is 13.7. The van der Waals surface area contributed by atoms with Crippen molar-refractivity contribution in [3.05, 3.63) is 23.0 Å². The summed E-state index contributed by atoms with van der Waals surface area (Å²) < 4.78 is 2.05. The van der Waals surface area contributed by atoms with Crippen LogP contribution in [0.5, 0.6) is 0 Å². The molecule has 0 aliphatic rings. The molecule has 1 aromatic heterocycles. The van der Waals surface area contributed by atoms with Gasteiger partial charge < -0.3 is 14.8 Å². The van der Waals surface area contributed by atoms with Gasteiger partial charge in [-0.25, -0.2) is 0 Å². The van der Waals surface area contributed by atoms with Gasteiger partial charge in [0.1, 0.15) is 0 Å². The molecule has 0 spiro atoms. The minimum Gasteiger partial charge on any atom is -0.356 e. The third kappa shape index (κ3) is 6.46. The third-order valence-corrected chi connectivity index (χ3v) is 3.96. The molecule has 0 aromatic carbocycles. The molecule has 1 aromatic rings. The summed E-state index contributed by atoms with van der Waals surface area (Å²) in [5.74, 6) is 1.62. The maximum Gasteiger partial charge on any atom is 0.193 e. The minimum atomic E-state index is 0. The van der Waals surface area contributed by atoms with Crippen molar-refractivity contribution < 1.29 is 0 Å². The Bertz CT molecular complexity index is 441. The highest BCUT2D eigenvalue weighted by Gasteiger charge is 2.11. The number of rotatable bonds is 6. The van der Waals surface area contributed by atoms with Gasteiger partial charge in [-0.1, -0.05) is 38.3 Å². The molecule has 122 valence electrons. The third-order valence-electron chi connectivity index (χ3n) is 3.75. The normalized spacial score (nSPS) is 11.5. The average Bonchev–Trinajstić information content (AvgIpc) is 2.73. The quantitative estimate of drug-likeness (QED) is 0.427. The first-order valence-electron chi connectivity index (χ1n) is 7.24. The molecule has 4 nitrogen and oxygen atoms in total. The lowest BCUT2D eigenvalue weighted by Gasteiger charge is -2.24. The highest BCUT2D eigenvalue weighted by atomic mass is 127. The summed E-state index contributed by atoms with van der Waals surface area (Å²) in [4.78, 5) is 6.47.